The first-order valence-corrected chi connectivity index (χ1v) is 7.84. The molecule has 0 radical (unpaired) electrons. The molecule has 2 aromatic carbocycles. The fourth-order valence-corrected chi connectivity index (χ4v) is 2.73. The first-order chi connectivity index (χ1) is 11.1. The van der Waals surface area contributed by atoms with Crippen molar-refractivity contribution in [1.82, 2.24) is 5.32 Å². The predicted molar refractivity (Wildman–Crippen MR) is 88.8 cm³/mol. The summed E-state index contributed by atoms with van der Waals surface area (Å²) in [5, 5.41) is 3.04. The molecule has 0 saturated heterocycles. The van der Waals surface area contributed by atoms with Gasteiger partial charge in [0.05, 0.1) is 12.6 Å². The van der Waals surface area contributed by atoms with E-state index in [1.165, 1.54) is 0 Å². The second kappa shape index (κ2) is 6.73. The Hall–Kier alpha value is -2.49. The number of para-hydroxylation sites is 1. The molecule has 2 aromatic rings. The Labute approximate surface area is 136 Å². The van der Waals surface area contributed by atoms with E-state index in [2.05, 4.69) is 5.32 Å². The van der Waals surface area contributed by atoms with Crippen molar-refractivity contribution < 1.29 is 14.3 Å². The molecular weight excluding hydrogens is 290 g/mol. The summed E-state index contributed by atoms with van der Waals surface area (Å²) in [5.74, 6) is 1.49. The van der Waals surface area contributed by atoms with E-state index in [0.29, 0.717) is 6.61 Å². The Bertz CT molecular complexity index is 712. The number of carbonyl (C=O) groups is 1. The van der Waals surface area contributed by atoms with Gasteiger partial charge in [0.1, 0.15) is 11.5 Å². The molecule has 1 aliphatic rings. The fourth-order valence-electron chi connectivity index (χ4n) is 2.73. The third-order valence-electron chi connectivity index (χ3n) is 4.00. The summed E-state index contributed by atoms with van der Waals surface area (Å²) in [4.78, 5) is 12.2. The van der Waals surface area contributed by atoms with Crippen LogP contribution in [0.1, 0.15) is 29.2 Å². The summed E-state index contributed by atoms with van der Waals surface area (Å²) in [5.41, 5.74) is 3.17. The molecule has 0 saturated carbocycles. The molecule has 1 atom stereocenters. The van der Waals surface area contributed by atoms with Crippen LogP contribution >= 0.6 is 0 Å². The SMILES string of the molecule is Cc1ccc(C)c(OCC(=O)NC2CCOc3ccccc32)c1. The summed E-state index contributed by atoms with van der Waals surface area (Å²) < 4.78 is 11.3. The lowest BCUT2D eigenvalue weighted by atomic mass is 10.0. The number of nitrogens with one attached hydrogen (secondary N) is 1. The van der Waals surface area contributed by atoms with Crippen molar-refractivity contribution in [3.8, 4) is 11.5 Å². The van der Waals surface area contributed by atoms with Gasteiger partial charge in [0.25, 0.3) is 5.91 Å². The fraction of sp³-hybridized carbons (Fsp3) is 0.316. The minimum absolute atomic E-state index is 0.0177. The average molecular weight is 311 g/mol. The van der Waals surface area contributed by atoms with Crippen LogP contribution in [-0.2, 0) is 4.79 Å². The number of carbonyl (C=O) groups excluding carboxylic acids is 1. The smallest absolute Gasteiger partial charge is 0.258 e. The van der Waals surface area contributed by atoms with Crippen molar-refractivity contribution in [2.45, 2.75) is 26.3 Å². The van der Waals surface area contributed by atoms with E-state index in [1.807, 2.05) is 56.3 Å². The van der Waals surface area contributed by atoms with Gasteiger partial charge in [-0.3, -0.25) is 4.79 Å². The second-order valence-corrected chi connectivity index (χ2v) is 5.85. The number of ether oxygens (including phenoxy) is 2. The van der Waals surface area contributed by atoms with Gasteiger partial charge in [0.15, 0.2) is 6.61 Å². The molecule has 0 bridgehead atoms. The number of benzene rings is 2. The zero-order chi connectivity index (χ0) is 16.2. The number of hydrogen-bond donors (Lipinski definition) is 1. The maximum absolute atomic E-state index is 12.2. The van der Waals surface area contributed by atoms with Crippen LogP contribution in [0.25, 0.3) is 0 Å². The van der Waals surface area contributed by atoms with Crippen LogP contribution in [0.15, 0.2) is 42.5 Å². The van der Waals surface area contributed by atoms with Gasteiger partial charge in [-0.05, 0) is 37.1 Å². The highest BCUT2D eigenvalue weighted by atomic mass is 16.5. The van der Waals surface area contributed by atoms with Gasteiger partial charge in [0, 0.05) is 12.0 Å². The van der Waals surface area contributed by atoms with E-state index in [4.69, 9.17) is 9.47 Å². The predicted octanol–water partition coefficient (Wildman–Crippen LogP) is 3.32. The van der Waals surface area contributed by atoms with Crippen LogP contribution in [0.4, 0.5) is 0 Å². The zero-order valence-electron chi connectivity index (χ0n) is 13.5. The van der Waals surface area contributed by atoms with Crippen LogP contribution in [0.2, 0.25) is 0 Å². The summed E-state index contributed by atoms with van der Waals surface area (Å²) in [6.07, 6.45) is 0.770. The van der Waals surface area contributed by atoms with Gasteiger partial charge < -0.3 is 14.8 Å². The Kier molecular flexibility index (Phi) is 4.51. The van der Waals surface area contributed by atoms with E-state index in [0.717, 1.165) is 34.6 Å². The quantitative estimate of drug-likeness (QED) is 0.942. The van der Waals surface area contributed by atoms with Crippen molar-refractivity contribution in [3.63, 3.8) is 0 Å². The molecule has 23 heavy (non-hydrogen) atoms. The van der Waals surface area contributed by atoms with Crippen molar-refractivity contribution in [1.29, 1.82) is 0 Å². The molecule has 0 spiro atoms. The monoisotopic (exact) mass is 311 g/mol. The molecule has 4 nitrogen and oxygen atoms in total. The molecule has 4 heteroatoms. The van der Waals surface area contributed by atoms with E-state index in [-0.39, 0.29) is 18.6 Å². The van der Waals surface area contributed by atoms with E-state index in [1.54, 1.807) is 0 Å². The highest BCUT2D eigenvalue weighted by Crippen LogP contribution is 2.31. The van der Waals surface area contributed by atoms with E-state index < -0.39 is 0 Å². The lowest BCUT2D eigenvalue weighted by Crippen LogP contribution is -2.35. The lowest BCUT2D eigenvalue weighted by molar-refractivity contribution is -0.124. The molecular formula is C19H21NO3. The number of amides is 1. The van der Waals surface area contributed by atoms with Gasteiger partial charge in [-0.15, -0.1) is 0 Å². The Morgan fingerprint density at radius 3 is 2.96 bits per heavy atom. The molecule has 1 unspecified atom stereocenters. The normalized spacial score (nSPS) is 16.2. The minimum atomic E-state index is -0.118. The standard InChI is InChI=1S/C19H21NO3/c1-13-7-8-14(2)18(11-13)23-12-19(21)20-16-9-10-22-17-6-4-3-5-15(16)17/h3-8,11,16H,9-10,12H2,1-2H3,(H,20,21). The van der Waals surface area contributed by atoms with Crippen LogP contribution in [-0.4, -0.2) is 19.1 Å². The molecule has 0 aromatic heterocycles. The topological polar surface area (TPSA) is 47.6 Å². The van der Waals surface area contributed by atoms with Gasteiger partial charge in [-0.25, -0.2) is 0 Å². The molecule has 0 fully saturated rings. The zero-order valence-corrected chi connectivity index (χ0v) is 13.5. The highest BCUT2D eigenvalue weighted by molar-refractivity contribution is 5.78. The molecule has 1 amide bonds. The van der Waals surface area contributed by atoms with Crippen LogP contribution in [0, 0.1) is 13.8 Å². The highest BCUT2D eigenvalue weighted by Gasteiger charge is 2.22. The number of hydrogen-bond acceptors (Lipinski definition) is 3. The number of rotatable bonds is 4. The number of fused-ring (bicyclic) bond motifs is 1. The minimum Gasteiger partial charge on any atom is -0.493 e. The Balaban J connectivity index is 1.61. The Morgan fingerprint density at radius 1 is 1.26 bits per heavy atom. The maximum Gasteiger partial charge on any atom is 0.258 e. The summed E-state index contributed by atoms with van der Waals surface area (Å²) in [6, 6.07) is 13.8. The molecule has 120 valence electrons. The molecule has 1 N–H and O–H groups in total. The first kappa shape index (κ1) is 15.4. The molecule has 3 rings (SSSR count). The third kappa shape index (κ3) is 3.65. The van der Waals surface area contributed by atoms with Crippen molar-refractivity contribution >= 4 is 5.91 Å². The number of aryl methyl sites for hydroxylation is 2. The Morgan fingerprint density at radius 2 is 2.09 bits per heavy atom. The summed E-state index contributed by atoms with van der Waals surface area (Å²) in [6.45, 7) is 4.61. The lowest BCUT2D eigenvalue weighted by Gasteiger charge is -2.26. The van der Waals surface area contributed by atoms with Crippen LogP contribution < -0.4 is 14.8 Å². The molecule has 1 aliphatic heterocycles. The summed E-state index contributed by atoms with van der Waals surface area (Å²) in [7, 11) is 0. The summed E-state index contributed by atoms with van der Waals surface area (Å²) >= 11 is 0. The van der Waals surface area contributed by atoms with Gasteiger partial charge >= 0.3 is 0 Å². The van der Waals surface area contributed by atoms with Crippen LogP contribution in [0.5, 0.6) is 11.5 Å². The van der Waals surface area contributed by atoms with E-state index in [9.17, 15) is 4.79 Å². The largest absolute Gasteiger partial charge is 0.493 e. The van der Waals surface area contributed by atoms with Gasteiger partial charge in [-0.2, -0.15) is 0 Å². The average Bonchev–Trinajstić information content (AvgIpc) is 2.56. The van der Waals surface area contributed by atoms with Crippen molar-refractivity contribution in [2.75, 3.05) is 13.2 Å². The van der Waals surface area contributed by atoms with Gasteiger partial charge in [-0.1, -0.05) is 30.3 Å². The van der Waals surface area contributed by atoms with Crippen molar-refractivity contribution in [2.24, 2.45) is 0 Å². The van der Waals surface area contributed by atoms with Crippen molar-refractivity contribution in [3.05, 3.63) is 59.2 Å². The third-order valence-corrected chi connectivity index (χ3v) is 4.00. The van der Waals surface area contributed by atoms with E-state index >= 15 is 0 Å². The van der Waals surface area contributed by atoms with Crippen LogP contribution in [0.3, 0.4) is 0 Å². The van der Waals surface area contributed by atoms with Gasteiger partial charge in [0.2, 0.25) is 0 Å². The molecule has 0 aliphatic carbocycles. The second-order valence-electron chi connectivity index (χ2n) is 5.85. The molecule has 1 heterocycles. The first-order valence-electron chi connectivity index (χ1n) is 7.84. The maximum atomic E-state index is 12.2.